The Bertz CT molecular complexity index is 746. The topological polar surface area (TPSA) is 86.2 Å². The summed E-state index contributed by atoms with van der Waals surface area (Å²) < 4.78 is 15.6. The summed E-state index contributed by atoms with van der Waals surface area (Å²) in [5.74, 6) is 0.131. The van der Waals surface area contributed by atoms with E-state index in [2.05, 4.69) is 10.5 Å². The first kappa shape index (κ1) is 18.5. The van der Waals surface area contributed by atoms with Crippen molar-refractivity contribution in [3.8, 4) is 17.2 Å². The molecular weight excluding hydrogens is 344 g/mol. The van der Waals surface area contributed by atoms with E-state index in [9.17, 15) is 9.59 Å². The van der Waals surface area contributed by atoms with E-state index in [-0.39, 0.29) is 18.1 Å². The van der Waals surface area contributed by atoms with Crippen LogP contribution in [0.5, 0.6) is 17.2 Å². The maximum Gasteiger partial charge on any atom is 0.308 e. The number of hydrogen-bond donors (Lipinski definition) is 1. The first-order chi connectivity index (χ1) is 12.0. The maximum absolute atomic E-state index is 11.8. The van der Waals surface area contributed by atoms with Crippen LogP contribution < -0.4 is 19.6 Å². The minimum absolute atomic E-state index is 0.191. The predicted octanol–water partition coefficient (Wildman–Crippen LogP) is 2.38. The van der Waals surface area contributed by atoms with Crippen LogP contribution in [0.3, 0.4) is 0 Å². The fourth-order valence-electron chi connectivity index (χ4n) is 2.01. The largest absolute Gasteiger partial charge is 0.493 e. The van der Waals surface area contributed by atoms with Crippen LogP contribution in [0.2, 0.25) is 0 Å². The molecule has 0 saturated carbocycles. The number of amides is 1. The predicted molar refractivity (Wildman–Crippen MR) is 94.6 cm³/mol. The zero-order chi connectivity index (χ0) is 18.2. The Morgan fingerprint density at radius 2 is 1.92 bits per heavy atom. The van der Waals surface area contributed by atoms with Crippen molar-refractivity contribution in [2.75, 3.05) is 14.2 Å². The number of nitrogens with zero attached hydrogens (tertiary/aromatic N) is 1. The summed E-state index contributed by atoms with van der Waals surface area (Å²) in [6.07, 6.45) is 1.72. The van der Waals surface area contributed by atoms with Crippen molar-refractivity contribution in [2.45, 2.75) is 13.3 Å². The molecule has 0 spiro atoms. The van der Waals surface area contributed by atoms with E-state index < -0.39 is 5.97 Å². The second-order valence-electron chi connectivity index (χ2n) is 4.90. The lowest BCUT2D eigenvalue weighted by Crippen LogP contribution is -2.19. The summed E-state index contributed by atoms with van der Waals surface area (Å²) in [7, 11) is 2.90. The van der Waals surface area contributed by atoms with E-state index in [4.69, 9.17) is 14.2 Å². The van der Waals surface area contributed by atoms with Crippen LogP contribution in [-0.4, -0.2) is 32.3 Å². The van der Waals surface area contributed by atoms with Gasteiger partial charge in [0.1, 0.15) is 0 Å². The molecule has 0 aliphatic heterocycles. The van der Waals surface area contributed by atoms with Crippen LogP contribution in [-0.2, 0) is 16.0 Å². The van der Waals surface area contributed by atoms with Gasteiger partial charge in [-0.05, 0) is 23.6 Å². The van der Waals surface area contributed by atoms with Crippen LogP contribution in [0, 0.1) is 0 Å². The van der Waals surface area contributed by atoms with Crippen molar-refractivity contribution in [1.29, 1.82) is 0 Å². The number of ether oxygens (including phenoxy) is 3. The Morgan fingerprint density at radius 3 is 2.44 bits per heavy atom. The minimum Gasteiger partial charge on any atom is -0.493 e. The number of thiophene rings is 1. The molecule has 2 aromatic rings. The molecule has 1 amide bonds. The summed E-state index contributed by atoms with van der Waals surface area (Å²) >= 11 is 1.51. The first-order valence-electron chi connectivity index (χ1n) is 7.32. The van der Waals surface area contributed by atoms with E-state index >= 15 is 0 Å². The molecular formula is C17H18N2O5S. The number of hydrazone groups is 1. The number of methoxy groups -OCH3 is 2. The molecule has 0 unspecified atom stereocenters. The Kier molecular flexibility index (Phi) is 6.53. The third kappa shape index (κ3) is 5.32. The molecule has 2 rings (SSSR count). The third-order valence-electron chi connectivity index (χ3n) is 3.05. The molecule has 0 bridgehead atoms. The van der Waals surface area contributed by atoms with Gasteiger partial charge in [-0.2, -0.15) is 5.10 Å². The van der Waals surface area contributed by atoms with Crippen LogP contribution in [0.1, 0.15) is 17.4 Å². The molecule has 132 valence electrons. The molecule has 0 atom stereocenters. The number of carbonyl (C=O) groups excluding carboxylic acids is 2. The van der Waals surface area contributed by atoms with Crippen LogP contribution in [0.25, 0.3) is 0 Å². The number of rotatable bonds is 7. The minimum atomic E-state index is -0.487. The molecule has 1 heterocycles. The third-order valence-corrected chi connectivity index (χ3v) is 3.92. The molecule has 1 aromatic carbocycles. The van der Waals surface area contributed by atoms with Gasteiger partial charge < -0.3 is 14.2 Å². The second-order valence-corrected chi connectivity index (χ2v) is 5.93. The van der Waals surface area contributed by atoms with Gasteiger partial charge in [0, 0.05) is 17.4 Å². The van der Waals surface area contributed by atoms with Crippen LogP contribution >= 0.6 is 11.3 Å². The van der Waals surface area contributed by atoms with E-state index in [0.717, 1.165) is 4.88 Å². The van der Waals surface area contributed by atoms with Crippen LogP contribution in [0.15, 0.2) is 34.7 Å². The molecule has 7 nitrogen and oxygen atoms in total. The fraction of sp³-hybridized carbons (Fsp3) is 0.235. The zero-order valence-corrected chi connectivity index (χ0v) is 14.9. The number of esters is 1. The maximum atomic E-state index is 11.8. The standard InChI is InChI=1S/C17H18N2O5S/c1-11(20)24-17-14(22-2)7-12(8-15(17)23-3)10-18-19-16(21)9-13-5-4-6-25-13/h4-8,10H,9H2,1-3H3,(H,19,21). The molecule has 0 fully saturated rings. The SMILES string of the molecule is COc1cc(C=NNC(=O)Cc2cccs2)cc(OC)c1OC(C)=O. The Labute approximate surface area is 149 Å². The van der Waals surface area contributed by atoms with Gasteiger partial charge in [0.2, 0.25) is 11.7 Å². The van der Waals surface area contributed by atoms with Gasteiger partial charge in [0.25, 0.3) is 0 Å². The Balaban J connectivity index is 2.10. The zero-order valence-electron chi connectivity index (χ0n) is 14.1. The first-order valence-corrected chi connectivity index (χ1v) is 8.20. The number of benzene rings is 1. The molecule has 1 N–H and O–H groups in total. The fourth-order valence-corrected chi connectivity index (χ4v) is 2.71. The lowest BCUT2D eigenvalue weighted by atomic mass is 10.2. The molecule has 0 saturated heterocycles. The van der Waals surface area contributed by atoms with Gasteiger partial charge in [-0.3, -0.25) is 9.59 Å². The highest BCUT2D eigenvalue weighted by atomic mass is 32.1. The van der Waals surface area contributed by atoms with Gasteiger partial charge in [0.15, 0.2) is 11.5 Å². The average molecular weight is 362 g/mol. The number of hydrogen-bond acceptors (Lipinski definition) is 7. The van der Waals surface area contributed by atoms with E-state index in [1.165, 1.54) is 38.7 Å². The van der Waals surface area contributed by atoms with Gasteiger partial charge in [-0.15, -0.1) is 11.3 Å². The van der Waals surface area contributed by atoms with Crippen molar-refractivity contribution in [1.82, 2.24) is 5.43 Å². The van der Waals surface area contributed by atoms with Crippen molar-refractivity contribution in [2.24, 2.45) is 5.10 Å². The summed E-state index contributed by atoms with van der Waals surface area (Å²) in [4.78, 5) is 24.0. The molecule has 1 aromatic heterocycles. The number of nitrogens with one attached hydrogen (secondary N) is 1. The lowest BCUT2D eigenvalue weighted by Gasteiger charge is -2.13. The normalized spacial score (nSPS) is 10.5. The monoisotopic (exact) mass is 362 g/mol. The van der Waals surface area contributed by atoms with Crippen LogP contribution in [0.4, 0.5) is 0 Å². The van der Waals surface area contributed by atoms with Gasteiger partial charge in [0.05, 0.1) is 26.9 Å². The lowest BCUT2D eigenvalue weighted by molar-refractivity contribution is -0.132. The van der Waals surface area contributed by atoms with Gasteiger partial charge in [-0.25, -0.2) is 5.43 Å². The van der Waals surface area contributed by atoms with Crippen molar-refractivity contribution >= 4 is 29.4 Å². The molecule has 25 heavy (non-hydrogen) atoms. The molecule has 8 heteroatoms. The van der Waals surface area contributed by atoms with Crippen molar-refractivity contribution in [3.05, 3.63) is 40.1 Å². The molecule has 0 aliphatic carbocycles. The Hall–Kier alpha value is -2.87. The summed E-state index contributed by atoms with van der Waals surface area (Å²) in [6.45, 7) is 1.29. The van der Waals surface area contributed by atoms with Crippen molar-refractivity contribution < 1.29 is 23.8 Å². The highest BCUT2D eigenvalue weighted by Crippen LogP contribution is 2.38. The Morgan fingerprint density at radius 1 is 1.24 bits per heavy atom. The van der Waals surface area contributed by atoms with E-state index in [0.29, 0.717) is 17.1 Å². The van der Waals surface area contributed by atoms with Gasteiger partial charge >= 0.3 is 5.97 Å². The van der Waals surface area contributed by atoms with E-state index in [1.807, 2.05) is 17.5 Å². The highest BCUT2D eigenvalue weighted by Gasteiger charge is 2.15. The summed E-state index contributed by atoms with van der Waals surface area (Å²) in [6, 6.07) is 7.02. The summed E-state index contributed by atoms with van der Waals surface area (Å²) in [5.41, 5.74) is 3.07. The summed E-state index contributed by atoms with van der Waals surface area (Å²) in [5, 5.41) is 5.84. The smallest absolute Gasteiger partial charge is 0.308 e. The highest BCUT2D eigenvalue weighted by molar-refractivity contribution is 7.10. The average Bonchev–Trinajstić information content (AvgIpc) is 3.08. The number of carbonyl (C=O) groups is 2. The molecule has 0 aliphatic rings. The van der Waals surface area contributed by atoms with Crippen molar-refractivity contribution in [3.63, 3.8) is 0 Å². The van der Waals surface area contributed by atoms with E-state index in [1.54, 1.807) is 12.1 Å². The second kappa shape index (κ2) is 8.84. The van der Waals surface area contributed by atoms with Gasteiger partial charge in [-0.1, -0.05) is 6.07 Å². The molecule has 0 radical (unpaired) electrons. The quantitative estimate of drug-likeness (QED) is 0.354.